The number of rotatable bonds is 4. The monoisotopic (exact) mass is 323 g/mol. The molecule has 1 unspecified atom stereocenters. The highest BCUT2D eigenvalue weighted by Gasteiger charge is 2.20. The van der Waals surface area contributed by atoms with E-state index in [1.807, 2.05) is 13.1 Å². The molecular weight excluding hydrogens is 301 g/mol. The lowest BCUT2D eigenvalue weighted by atomic mass is 9.97. The lowest BCUT2D eigenvalue weighted by Crippen LogP contribution is -2.38. The largest absolute Gasteiger partial charge is 0.319 e. The van der Waals surface area contributed by atoms with Gasteiger partial charge in [-0.05, 0) is 62.7 Å². The molecule has 3 rings (SSSR count). The Bertz CT molecular complexity index is 618. The summed E-state index contributed by atoms with van der Waals surface area (Å²) in [5.41, 5.74) is 1.92. The molecule has 1 saturated heterocycles. The Morgan fingerprint density at radius 1 is 1.36 bits per heavy atom. The van der Waals surface area contributed by atoms with Gasteiger partial charge in [0.1, 0.15) is 5.82 Å². The van der Waals surface area contributed by atoms with Crippen molar-refractivity contribution in [3.63, 3.8) is 0 Å². The van der Waals surface area contributed by atoms with E-state index in [0.717, 1.165) is 37.3 Å². The summed E-state index contributed by atoms with van der Waals surface area (Å²) in [5.74, 6) is 0.525. The Labute approximate surface area is 137 Å². The molecule has 1 aliphatic rings. The van der Waals surface area contributed by atoms with Crippen LogP contribution in [0.25, 0.3) is 10.9 Å². The molecule has 0 radical (unpaired) electrons. The third-order valence-corrected chi connectivity index (χ3v) is 4.29. The summed E-state index contributed by atoms with van der Waals surface area (Å²) in [6, 6.07) is 7.04. The van der Waals surface area contributed by atoms with E-state index in [-0.39, 0.29) is 18.2 Å². The summed E-state index contributed by atoms with van der Waals surface area (Å²) in [6.45, 7) is 4.14. The highest BCUT2D eigenvalue weighted by atomic mass is 35.5. The standard InChI is InChI=1S/C17H22FN3.ClH/c1-19-10-13-4-3-9-21(11-13)12-14-6-7-16(18)15-5-2-8-20-17(14)15;/h2,5-8,13,19H,3-4,9-12H2,1H3;1H. The van der Waals surface area contributed by atoms with Gasteiger partial charge in [0, 0.05) is 24.7 Å². The minimum atomic E-state index is -0.187. The SMILES string of the molecule is CNCC1CCCN(Cc2ccc(F)c3cccnc23)C1.Cl. The number of hydrogen-bond acceptors (Lipinski definition) is 3. The van der Waals surface area contributed by atoms with Gasteiger partial charge in [0.05, 0.1) is 5.52 Å². The number of nitrogens with one attached hydrogen (secondary N) is 1. The fourth-order valence-electron chi connectivity index (χ4n) is 3.32. The van der Waals surface area contributed by atoms with Gasteiger partial charge >= 0.3 is 0 Å². The summed E-state index contributed by atoms with van der Waals surface area (Å²) in [6.07, 6.45) is 4.27. The zero-order valence-electron chi connectivity index (χ0n) is 12.9. The van der Waals surface area contributed by atoms with Gasteiger partial charge in [0.2, 0.25) is 0 Å². The maximum atomic E-state index is 13.8. The molecule has 22 heavy (non-hydrogen) atoms. The molecule has 1 atom stereocenters. The molecule has 2 heterocycles. The van der Waals surface area contributed by atoms with Crippen LogP contribution in [0, 0.1) is 11.7 Å². The van der Waals surface area contributed by atoms with Gasteiger partial charge in [-0.15, -0.1) is 12.4 Å². The van der Waals surface area contributed by atoms with E-state index < -0.39 is 0 Å². The van der Waals surface area contributed by atoms with Crippen LogP contribution < -0.4 is 5.32 Å². The first-order valence-electron chi connectivity index (χ1n) is 7.67. The molecule has 0 spiro atoms. The smallest absolute Gasteiger partial charge is 0.132 e. The van der Waals surface area contributed by atoms with E-state index >= 15 is 0 Å². The Kier molecular flexibility index (Phi) is 6.12. The lowest BCUT2D eigenvalue weighted by Gasteiger charge is -2.32. The topological polar surface area (TPSA) is 28.2 Å². The van der Waals surface area contributed by atoms with Gasteiger partial charge < -0.3 is 5.32 Å². The van der Waals surface area contributed by atoms with Crippen LogP contribution >= 0.6 is 12.4 Å². The average Bonchev–Trinajstić information content (AvgIpc) is 2.51. The first-order chi connectivity index (χ1) is 10.3. The van der Waals surface area contributed by atoms with Crippen molar-refractivity contribution in [3.8, 4) is 0 Å². The van der Waals surface area contributed by atoms with Crippen molar-refractivity contribution in [1.29, 1.82) is 0 Å². The molecule has 3 nitrogen and oxygen atoms in total. The van der Waals surface area contributed by atoms with Crippen molar-refractivity contribution >= 4 is 23.3 Å². The molecule has 0 bridgehead atoms. The number of nitrogens with zero attached hydrogens (tertiary/aromatic N) is 2. The van der Waals surface area contributed by atoms with Crippen LogP contribution in [0.5, 0.6) is 0 Å². The van der Waals surface area contributed by atoms with E-state index in [1.165, 1.54) is 12.8 Å². The van der Waals surface area contributed by atoms with E-state index in [0.29, 0.717) is 11.3 Å². The van der Waals surface area contributed by atoms with Gasteiger partial charge in [-0.3, -0.25) is 9.88 Å². The fourth-order valence-corrected chi connectivity index (χ4v) is 3.32. The second-order valence-corrected chi connectivity index (χ2v) is 5.91. The molecule has 120 valence electrons. The predicted molar refractivity (Wildman–Crippen MR) is 90.9 cm³/mol. The Hall–Kier alpha value is -1.23. The van der Waals surface area contributed by atoms with Crippen molar-refractivity contribution in [2.75, 3.05) is 26.7 Å². The van der Waals surface area contributed by atoms with Crippen LogP contribution in [0.2, 0.25) is 0 Å². The Morgan fingerprint density at radius 3 is 3.05 bits per heavy atom. The second-order valence-electron chi connectivity index (χ2n) is 5.91. The number of aromatic nitrogens is 1. The van der Waals surface area contributed by atoms with Crippen LogP contribution in [0.3, 0.4) is 0 Å². The molecule has 0 amide bonds. The summed E-state index contributed by atoms with van der Waals surface area (Å²) in [7, 11) is 2.01. The first-order valence-corrected chi connectivity index (χ1v) is 7.67. The van der Waals surface area contributed by atoms with Crippen LogP contribution in [0.1, 0.15) is 18.4 Å². The first kappa shape index (κ1) is 17.1. The molecule has 0 saturated carbocycles. The van der Waals surface area contributed by atoms with Crippen molar-refractivity contribution in [3.05, 3.63) is 41.8 Å². The average molecular weight is 324 g/mol. The van der Waals surface area contributed by atoms with Crippen molar-refractivity contribution in [2.24, 2.45) is 5.92 Å². The van der Waals surface area contributed by atoms with Gasteiger partial charge in [-0.1, -0.05) is 6.07 Å². The number of piperidine rings is 1. The molecule has 2 aromatic rings. The van der Waals surface area contributed by atoms with Crippen molar-refractivity contribution in [2.45, 2.75) is 19.4 Å². The second kappa shape index (κ2) is 7.86. The zero-order valence-corrected chi connectivity index (χ0v) is 13.7. The normalized spacial score (nSPS) is 19.1. The number of halogens is 2. The number of benzene rings is 1. The number of fused-ring (bicyclic) bond motifs is 1. The van der Waals surface area contributed by atoms with Gasteiger partial charge in [-0.25, -0.2) is 4.39 Å². The van der Waals surface area contributed by atoms with Crippen LogP contribution in [0.15, 0.2) is 30.5 Å². The lowest BCUT2D eigenvalue weighted by molar-refractivity contribution is 0.167. The number of hydrogen-bond donors (Lipinski definition) is 1. The third-order valence-electron chi connectivity index (χ3n) is 4.29. The van der Waals surface area contributed by atoms with Gasteiger partial charge in [0.25, 0.3) is 0 Å². The van der Waals surface area contributed by atoms with Crippen molar-refractivity contribution < 1.29 is 4.39 Å². The van der Waals surface area contributed by atoms with Crippen LogP contribution in [0.4, 0.5) is 4.39 Å². The Balaban J connectivity index is 0.00000176. The summed E-state index contributed by atoms with van der Waals surface area (Å²) >= 11 is 0. The summed E-state index contributed by atoms with van der Waals surface area (Å²) in [4.78, 5) is 6.85. The summed E-state index contributed by atoms with van der Waals surface area (Å²) < 4.78 is 13.8. The molecule has 0 aliphatic carbocycles. The molecule has 1 N–H and O–H groups in total. The van der Waals surface area contributed by atoms with Crippen molar-refractivity contribution in [1.82, 2.24) is 15.2 Å². The predicted octanol–water partition coefficient (Wildman–Crippen LogP) is 3.23. The molecule has 1 fully saturated rings. The number of pyridine rings is 1. The molecule has 5 heteroatoms. The van der Waals surface area contributed by atoms with Gasteiger partial charge in [0.15, 0.2) is 0 Å². The quantitative estimate of drug-likeness (QED) is 0.936. The molecule has 1 aromatic heterocycles. The molecular formula is C17H23ClFN3. The Morgan fingerprint density at radius 2 is 2.23 bits per heavy atom. The highest BCUT2D eigenvalue weighted by Crippen LogP contribution is 2.23. The number of likely N-dealkylation sites (tertiary alicyclic amines) is 1. The van der Waals surface area contributed by atoms with E-state index in [9.17, 15) is 4.39 Å². The van der Waals surface area contributed by atoms with E-state index in [2.05, 4.69) is 15.2 Å². The maximum Gasteiger partial charge on any atom is 0.132 e. The van der Waals surface area contributed by atoms with Gasteiger partial charge in [-0.2, -0.15) is 0 Å². The molecule has 1 aromatic carbocycles. The maximum absolute atomic E-state index is 13.8. The van der Waals surface area contributed by atoms with E-state index in [4.69, 9.17) is 0 Å². The minimum Gasteiger partial charge on any atom is -0.319 e. The fraction of sp³-hybridized carbons (Fsp3) is 0.471. The molecule has 1 aliphatic heterocycles. The van der Waals surface area contributed by atoms with Crippen LogP contribution in [-0.2, 0) is 6.54 Å². The minimum absolute atomic E-state index is 0. The zero-order chi connectivity index (χ0) is 14.7. The summed E-state index contributed by atoms with van der Waals surface area (Å²) in [5, 5.41) is 3.89. The van der Waals surface area contributed by atoms with Crippen LogP contribution in [-0.4, -0.2) is 36.6 Å². The highest BCUT2D eigenvalue weighted by molar-refractivity contribution is 5.85. The van der Waals surface area contributed by atoms with E-state index in [1.54, 1.807) is 24.4 Å². The third kappa shape index (κ3) is 3.75.